The number of benzene rings is 1. The van der Waals surface area contributed by atoms with Crippen LogP contribution in [-0.2, 0) is 9.53 Å². The summed E-state index contributed by atoms with van der Waals surface area (Å²) >= 11 is 0. The van der Waals surface area contributed by atoms with Gasteiger partial charge in [-0.05, 0) is 17.7 Å². The van der Waals surface area contributed by atoms with Crippen LogP contribution in [0.2, 0.25) is 0 Å². The maximum Gasteiger partial charge on any atom is 0.308 e. The molecule has 0 saturated carbocycles. The number of aliphatic hydroxyl groups excluding tert-OH is 2. The van der Waals surface area contributed by atoms with Gasteiger partial charge < -0.3 is 20.7 Å². The quantitative estimate of drug-likeness (QED) is 0.299. The smallest absolute Gasteiger partial charge is 0.308 e. The van der Waals surface area contributed by atoms with E-state index in [0.29, 0.717) is 0 Å². The number of hydrogen-bond acceptors (Lipinski definition) is 7. The number of ether oxygens (including phenoxy) is 1. The molecule has 0 amide bonds. The van der Waals surface area contributed by atoms with Crippen molar-refractivity contribution < 1.29 is 24.7 Å². The fourth-order valence-corrected chi connectivity index (χ4v) is 1.51. The molecule has 0 heterocycles. The molecule has 2 atom stereocenters. The number of nitrogen functional groups attached to an aromatic ring is 1. The Bertz CT molecular complexity index is 490. The zero-order valence-electron chi connectivity index (χ0n) is 10.1. The SMILES string of the molecule is COC(=O)CC(O)C(O)c1ccc([N+](=O)[O-])c(N)c1. The molecule has 0 aromatic heterocycles. The van der Waals surface area contributed by atoms with E-state index in [0.717, 1.165) is 13.2 Å². The summed E-state index contributed by atoms with van der Waals surface area (Å²) in [4.78, 5) is 20.9. The molecule has 8 heteroatoms. The minimum Gasteiger partial charge on any atom is -0.469 e. The normalized spacial score (nSPS) is 13.6. The average molecular weight is 270 g/mol. The van der Waals surface area contributed by atoms with Crippen LogP contribution in [0.4, 0.5) is 11.4 Å². The highest BCUT2D eigenvalue weighted by Crippen LogP contribution is 2.27. The number of carbonyl (C=O) groups is 1. The van der Waals surface area contributed by atoms with E-state index in [1.165, 1.54) is 12.1 Å². The van der Waals surface area contributed by atoms with Gasteiger partial charge in [0, 0.05) is 6.07 Å². The summed E-state index contributed by atoms with van der Waals surface area (Å²) in [7, 11) is 1.16. The lowest BCUT2D eigenvalue weighted by atomic mass is 10.0. The second-order valence-electron chi connectivity index (χ2n) is 3.87. The van der Waals surface area contributed by atoms with Crippen molar-refractivity contribution in [3.8, 4) is 0 Å². The first-order valence-electron chi connectivity index (χ1n) is 5.33. The van der Waals surface area contributed by atoms with Crippen molar-refractivity contribution in [2.45, 2.75) is 18.6 Å². The summed E-state index contributed by atoms with van der Waals surface area (Å²) in [6.45, 7) is 0. The summed E-state index contributed by atoms with van der Waals surface area (Å²) in [6.07, 6.45) is -3.16. The number of carbonyl (C=O) groups excluding carboxylic acids is 1. The number of rotatable bonds is 5. The van der Waals surface area contributed by atoms with Crippen LogP contribution >= 0.6 is 0 Å². The first-order chi connectivity index (χ1) is 8.86. The summed E-state index contributed by atoms with van der Waals surface area (Å²) in [5.41, 5.74) is 5.22. The molecule has 0 aliphatic heterocycles. The van der Waals surface area contributed by atoms with Crippen LogP contribution < -0.4 is 5.73 Å². The van der Waals surface area contributed by atoms with Gasteiger partial charge in [0.15, 0.2) is 0 Å². The van der Waals surface area contributed by atoms with Crippen LogP contribution in [0, 0.1) is 10.1 Å². The zero-order valence-corrected chi connectivity index (χ0v) is 10.1. The number of anilines is 1. The highest BCUT2D eigenvalue weighted by molar-refractivity contribution is 5.70. The molecule has 0 aliphatic rings. The fourth-order valence-electron chi connectivity index (χ4n) is 1.51. The van der Waals surface area contributed by atoms with E-state index >= 15 is 0 Å². The number of aliphatic hydroxyl groups is 2. The van der Waals surface area contributed by atoms with Crippen molar-refractivity contribution in [1.29, 1.82) is 0 Å². The number of methoxy groups -OCH3 is 1. The van der Waals surface area contributed by atoms with Crippen LogP contribution in [0.15, 0.2) is 18.2 Å². The molecule has 0 saturated heterocycles. The number of nitro benzene ring substituents is 1. The van der Waals surface area contributed by atoms with Crippen LogP contribution in [0.25, 0.3) is 0 Å². The predicted octanol–water partition coefficient (Wildman–Crippen LogP) is 0.134. The highest BCUT2D eigenvalue weighted by Gasteiger charge is 2.23. The molecule has 1 rings (SSSR count). The lowest BCUT2D eigenvalue weighted by molar-refractivity contribution is -0.383. The first kappa shape index (κ1) is 14.9. The summed E-state index contributed by atoms with van der Waals surface area (Å²) in [5, 5.41) is 30.0. The lowest BCUT2D eigenvalue weighted by Gasteiger charge is -2.17. The van der Waals surface area contributed by atoms with E-state index in [4.69, 9.17) is 5.73 Å². The number of hydrogen-bond donors (Lipinski definition) is 3. The van der Waals surface area contributed by atoms with Gasteiger partial charge >= 0.3 is 5.97 Å². The van der Waals surface area contributed by atoms with Gasteiger partial charge in [-0.15, -0.1) is 0 Å². The van der Waals surface area contributed by atoms with Crippen LogP contribution in [-0.4, -0.2) is 34.3 Å². The van der Waals surface area contributed by atoms with Gasteiger partial charge in [-0.25, -0.2) is 0 Å². The van der Waals surface area contributed by atoms with E-state index in [-0.39, 0.29) is 16.9 Å². The zero-order chi connectivity index (χ0) is 14.6. The van der Waals surface area contributed by atoms with Crippen molar-refractivity contribution in [3.05, 3.63) is 33.9 Å². The summed E-state index contributed by atoms with van der Waals surface area (Å²) < 4.78 is 4.36. The number of nitro groups is 1. The van der Waals surface area contributed by atoms with E-state index in [2.05, 4.69) is 4.74 Å². The minimum absolute atomic E-state index is 0.133. The van der Waals surface area contributed by atoms with E-state index in [1.807, 2.05) is 0 Å². The number of esters is 1. The van der Waals surface area contributed by atoms with Crippen molar-refractivity contribution >= 4 is 17.3 Å². The maximum atomic E-state index is 11.0. The van der Waals surface area contributed by atoms with Crippen molar-refractivity contribution in [1.82, 2.24) is 0 Å². The molecule has 8 nitrogen and oxygen atoms in total. The fraction of sp³-hybridized carbons (Fsp3) is 0.364. The van der Waals surface area contributed by atoms with Gasteiger partial charge in [0.1, 0.15) is 11.8 Å². The Kier molecular flexibility index (Phi) is 4.79. The Labute approximate surface area is 108 Å². The largest absolute Gasteiger partial charge is 0.469 e. The first-order valence-corrected chi connectivity index (χ1v) is 5.33. The molecule has 0 spiro atoms. The van der Waals surface area contributed by atoms with E-state index in [1.54, 1.807) is 0 Å². The van der Waals surface area contributed by atoms with E-state index in [9.17, 15) is 25.1 Å². The molecule has 0 bridgehead atoms. The second kappa shape index (κ2) is 6.12. The lowest BCUT2D eigenvalue weighted by Crippen LogP contribution is -2.22. The maximum absolute atomic E-state index is 11.0. The van der Waals surface area contributed by atoms with Crippen molar-refractivity contribution in [2.75, 3.05) is 12.8 Å². The molecule has 0 radical (unpaired) electrons. The average Bonchev–Trinajstić information content (AvgIpc) is 2.36. The number of nitrogens with two attached hydrogens (primary N) is 1. The molecule has 0 aliphatic carbocycles. The third-order valence-corrected chi connectivity index (χ3v) is 2.56. The van der Waals surface area contributed by atoms with Crippen molar-refractivity contribution in [3.63, 3.8) is 0 Å². The Morgan fingerprint density at radius 2 is 2.16 bits per heavy atom. The Morgan fingerprint density at radius 1 is 1.53 bits per heavy atom. The molecule has 4 N–H and O–H groups in total. The van der Waals surface area contributed by atoms with Gasteiger partial charge in [-0.3, -0.25) is 14.9 Å². The van der Waals surface area contributed by atoms with Crippen LogP contribution in [0.1, 0.15) is 18.1 Å². The Balaban J connectivity index is 2.88. The van der Waals surface area contributed by atoms with Gasteiger partial charge in [0.25, 0.3) is 5.69 Å². The second-order valence-corrected chi connectivity index (χ2v) is 3.87. The number of nitrogens with zero attached hydrogens (tertiary/aromatic N) is 1. The standard InChI is InChI=1S/C11H14N2O6/c1-19-10(15)5-9(14)11(16)6-2-3-8(13(17)18)7(12)4-6/h2-4,9,11,14,16H,5,12H2,1H3. The minimum atomic E-state index is -1.39. The molecule has 1 aromatic rings. The third-order valence-electron chi connectivity index (χ3n) is 2.56. The Morgan fingerprint density at radius 3 is 2.63 bits per heavy atom. The van der Waals surface area contributed by atoms with Gasteiger partial charge in [-0.2, -0.15) is 0 Å². The predicted molar refractivity (Wildman–Crippen MR) is 65.1 cm³/mol. The van der Waals surface area contributed by atoms with Crippen LogP contribution in [0.5, 0.6) is 0 Å². The molecule has 2 unspecified atom stereocenters. The molecule has 0 fully saturated rings. The van der Waals surface area contributed by atoms with Gasteiger partial charge in [0.05, 0.1) is 24.6 Å². The summed E-state index contributed by atoms with van der Waals surface area (Å²) in [6, 6.07) is 3.57. The van der Waals surface area contributed by atoms with E-state index < -0.39 is 29.5 Å². The topological polar surface area (TPSA) is 136 Å². The molecule has 1 aromatic carbocycles. The Hall–Kier alpha value is -2.19. The van der Waals surface area contributed by atoms with Gasteiger partial charge in [0.2, 0.25) is 0 Å². The molecular weight excluding hydrogens is 256 g/mol. The third kappa shape index (κ3) is 3.63. The van der Waals surface area contributed by atoms with Crippen LogP contribution in [0.3, 0.4) is 0 Å². The highest BCUT2D eigenvalue weighted by atomic mass is 16.6. The molecule has 19 heavy (non-hydrogen) atoms. The van der Waals surface area contributed by atoms with Crippen molar-refractivity contribution in [2.24, 2.45) is 0 Å². The summed E-state index contributed by atoms with van der Waals surface area (Å²) in [5.74, 6) is -0.679. The monoisotopic (exact) mass is 270 g/mol. The molecular formula is C11H14N2O6. The molecule has 104 valence electrons. The van der Waals surface area contributed by atoms with Gasteiger partial charge in [-0.1, -0.05) is 0 Å².